The van der Waals surface area contributed by atoms with Crippen LogP contribution in [-0.4, -0.2) is 28.9 Å². The Labute approximate surface area is 220 Å². The molecule has 184 valence electrons. The van der Waals surface area contributed by atoms with Gasteiger partial charge in [0.15, 0.2) is 0 Å². The number of halogens is 2. The Balaban J connectivity index is 1.70. The van der Waals surface area contributed by atoms with Crippen molar-refractivity contribution in [3.8, 4) is 11.8 Å². The van der Waals surface area contributed by atoms with Crippen LogP contribution in [0.2, 0.25) is 10.0 Å². The predicted molar refractivity (Wildman–Crippen MR) is 141 cm³/mol. The number of fused-ring (bicyclic) bond motifs is 1. The number of hydrogen-bond acceptors (Lipinski definition) is 7. The average molecular weight is 533 g/mol. The van der Waals surface area contributed by atoms with E-state index in [2.05, 4.69) is 26.5 Å². The summed E-state index contributed by atoms with van der Waals surface area (Å²) in [4.78, 5) is 35.0. The van der Waals surface area contributed by atoms with E-state index in [4.69, 9.17) is 23.2 Å². The molecule has 0 amide bonds. The Morgan fingerprint density at radius 2 is 1.92 bits per heavy atom. The van der Waals surface area contributed by atoms with Crippen LogP contribution in [0.4, 0.5) is 11.6 Å². The highest BCUT2D eigenvalue weighted by Gasteiger charge is 2.18. The lowest BCUT2D eigenvalue weighted by Crippen LogP contribution is -2.41. The van der Waals surface area contributed by atoms with Crippen LogP contribution < -0.4 is 16.7 Å². The quantitative estimate of drug-likeness (QED) is 0.363. The van der Waals surface area contributed by atoms with Gasteiger partial charge in [0.1, 0.15) is 0 Å². The fraction of sp³-hybridized carbons (Fsp3) is 0.120. The second kappa shape index (κ2) is 9.54. The molecule has 1 N–H and O–H groups in total. The maximum atomic E-state index is 13.7. The number of benzene rings is 2. The van der Waals surface area contributed by atoms with Crippen molar-refractivity contribution < 1.29 is 0 Å². The fourth-order valence-electron chi connectivity index (χ4n) is 3.94. The Hall–Kier alpha value is -4.46. The van der Waals surface area contributed by atoms with Crippen molar-refractivity contribution in [2.75, 3.05) is 5.32 Å². The monoisotopic (exact) mass is 532 g/mol. The third-order valence-electron chi connectivity index (χ3n) is 5.78. The van der Waals surface area contributed by atoms with Crippen LogP contribution >= 0.6 is 23.2 Å². The van der Waals surface area contributed by atoms with E-state index in [1.807, 2.05) is 13.1 Å². The number of pyridine rings is 1. The number of hydrogen-bond donors (Lipinski definition) is 1. The molecular weight excluding hydrogens is 515 g/mol. The lowest BCUT2D eigenvalue weighted by Gasteiger charge is -2.17. The van der Waals surface area contributed by atoms with E-state index >= 15 is 0 Å². The number of nitriles is 1. The summed E-state index contributed by atoms with van der Waals surface area (Å²) in [5.74, 6) is -0.0202. The van der Waals surface area contributed by atoms with Gasteiger partial charge < -0.3 is 5.32 Å². The van der Waals surface area contributed by atoms with Gasteiger partial charge in [-0.25, -0.2) is 14.2 Å². The minimum atomic E-state index is -0.825. The average Bonchev–Trinajstić information content (AvgIpc) is 3.21. The molecule has 0 fully saturated rings. The van der Waals surface area contributed by atoms with Crippen molar-refractivity contribution >= 4 is 45.7 Å². The van der Waals surface area contributed by atoms with E-state index in [0.717, 1.165) is 15.5 Å². The first-order chi connectivity index (χ1) is 17.7. The van der Waals surface area contributed by atoms with Gasteiger partial charge in [0.25, 0.3) is 0 Å². The van der Waals surface area contributed by atoms with E-state index in [9.17, 15) is 14.9 Å². The Bertz CT molecular complexity index is 1850. The van der Waals surface area contributed by atoms with Crippen LogP contribution in [0.1, 0.15) is 16.7 Å². The second-order valence-corrected chi connectivity index (χ2v) is 9.20. The van der Waals surface area contributed by atoms with Gasteiger partial charge in [0.2, 0.25) is 5.95 Å². The minimum Gasteiger partial charge on any atom is -0.324 e. The molecule has 37 heavy (non-hydrogen) atoms. The molecule has 5 rings (SSSR count). The van der Waals surface area contributed by atoms with Crippen LogP contribution in [0, 0.1) is 18.3 Å². The van der Waals surface area contributed by atoms with Gasteiger partial charge in [0, 0.05) is 24.8 Å². The first-order valence-electron chi connectivity index (χ1n) is 11.0. The maximum Gasteiger partial charge on any atom is 0.359 e. The summed E-state index contributed by atoms with van der Waals surface area (Å²) in [6.07, 6.45) is 4.56. The molecular formula is C25H18Cl2N8O2. The lowest BCUT2D eigenvalue weighted by molar-refractivity contribution is 0.656. The molecule has 12 heteroatoms. The molecule has 0 unspecified atom stereocenters. The van der Waals surface area contributed by atoms with Crippen LogP contribution in [0.15, 0.2) is 64.6 Å². The van der Waals surface area contributed by atoms with Gasteiger partial charge in [-0.2, -0.15) is 15.3 Å². The topological polar surface area (TPSA) is 123 Å². The highest BCUT2D eigenvalue weighted by molar-refractivity contribution is 6.34. The molecule has 2 aromatic carbocycles. The molecule has 0 atom stereocenters. The Kier molecular flexibility index (Phi) is 6.25. The largest absolute Gasteiger partial charge is 0.359 e. The van der Waals surface area contributed by atoms with Crippen molar-refractivity contribution in [1.82, 2.24) is 28.9 Å². The summed E-state index contributed by atoms with van der Waals surface area (Å²) in [5, 5.41) is 18.1. The molecule has 3 aromatic heterocycles. The second-order valence-electron chi connectivity index (χ2n) is 8.36. The van der Waals surface area contributed by atoms with Crippen LogP contribution in [0.5, 0.6) is 0 Å². The number of nitrogens with zero attached hydrogens (tertiary/aromatic N) is 7. The zero-order chi connectivity index (χ0) is 26.3. The highest BCUT2D eigenvalue weighted by Crippen LogP contribution is 2.29. The molecule has 3 heterocycles. The molecule has 0 spiro atoms. The van der Waals surface area contributed by atoms with Crippen LogP contribution in [-0.2, 0) is 13.6 Å². The van der Waals surface area contributed by atoms with E-state index in [0.29, 0.717) is 27.4 Å². The SMILES string of the molecule is Cc1ccc(C#N)cc1Cn1c(Nc2cc3cn(C)nc3cc2Cl)nc(=O)n(-c2cncc(Cl)c2)c1=O. The van der Waals surface area contributed by atoms with E-state index in [-0.39, 0.29) is 23.2 Å². The Morgan fingerprint density at radius 1 is 1.11 bits per heavy atom. The molecule has 0 aliphatic carbocycles. The van der Waals surface area contributed by atoms with Gasteiger partial charge in [0.05, 0.1) is 51.3 Å². The summed E-state index contributed by atoms with van der Waals surface area (Å²) < 4.78 is 3.85. The zero-order valence-corrected chi connectivity index (χ0v) is 21.1. The highest BCUT2D eigenvalue weighted by atomic mass is 35.5. The third-order valence-corrected chi connectivity index (χ3v) is 6.30. The molecule has 0 bridgehead atoms. The summed E-state index contributed by atoms with van der Waals surface area (Å²) in [6, 6.07) is 12.2. The minimum absolute atomic E-state index is 0.0202. The number of anilines is 2. The van der Waals surface area contributed by atoms with E-state index in [1.165, 1.54) is 23.0 Å². The molecule has 0 saturated carbocycles. The smallest absolute Gasteiger partial charge is 0.324 e. The van der Waals surface area contributed by atoms with Crippen LogP contribution in [0.3, 0.4) is 0 Å². The third kappa shape index (κ3) is 4.70. The summed E-state index contributed by atoms with van der Waals surface area (Å²) in [7, 11) is 1.79. The fourth-order valence-corrected chi connectivity index (χ4v) is 4.32. The lowest BCUT2D eigenvalue weighted by atomic mass is 10.1. The van der Waals surface area contributed by atoms with Crippen molar-refractivity contribution in [1.29, 1.82) is 5.26 Å². The van der Waals surface area contributed by atoms with Crippen molar-refractivity contribution in [3.05, 3.63) is 103 Å². The molecule has 0 aliphatic rings. The van der Waals surface area contributed by atoms with Crippen LogP contribution in [0.25, 0.3) is 16.6 Å². The van der Waals surface area contributed by atoms with Gasteiger partial charge in [-0.3, -0.25) is 14.2 Å². The number of aryl methyl sites for hydroxylation is 2. The molecule has 5 aromatic rings. The normalized spacial score (nSPS) is 11.0. The summed E-state index contributed by atoms with van der Waals surface area (Å²) in [5.41, 5.74) is 1.80. The van der Waals surface area contributed by atoms with Gasteiger partial charge in [-0.05, 0) is 48.4 Å². The molecule has 10 nitrogen and oxygen atoms in total. The van der Waals surface area contributed by atoms with Crippen molar-refractivity contribution in [2.24, 2.45) is 7.05 Å². The molecule has 0 saturated heterocycles. The van der Waals surface area contributed by atoms with E-state index in [1.54, 1.807) is 42.1 Å². The Morgan fingerprint density at radius 3 is 2.68 bits per heavy atom. The summed E-state index contributed by atoms with van der Waals surface area (Å²) in [6.45, 7) is 1.89. The standard InChI is InChI=1S/C25H18Cl2N8O2/c1-14-3-4-15(9-28)5-16(14)13-34-23(30-22-6-17-12-33(2)32-21(17)8-20(22)27)31-24(36)35(25(34)37)19-7-18(26)10-29-11-19/h3-8,10-12H,13H2,1-2H3,(H,30,31,36). The van der Waals surface area contributed by atoms with Gasteiger partial charge in [-0.1, -0.05) is 29.3 Å². The maximum absolute atomic E-state index is 13.7. The van der Waals surface area contributed by atoms with Crippen molar-refractivity contribution in [2.45, 2.75) is 13.5 Å². The number of nitrogens with one attached hydrogen (secondary N) is 1. The summed E-state index contributed by atoms with van der Waals surface area (Å²) >= 11 is 12.6. The first kappa shape index (κ1) is 24.2. The van der Waals surface area contributed by atoms with E-state index < -0.39 is 11.4 Å². The number of aromatic nitrogens is 6. The molecule has 0 aliphatic heterocycles. The van der Waals surface area contributed by atoms with Gasteiger partial charge >= 0.3 is 11.4 Å². The zero-order valence-electron chi connectivity index (χ0n) is 19.6. The van der Waals surface area contributed by atoms with Gasteiger partial charge in [-0.15, -0.1) is 0 Å². The first-order valence-corrected chi connectivity index (χ1v) is 11.7. The number of rotatable bonds is 5. The molecule has 0 radical (unpaired) electrons. The predicted octanol–water partition coefficient (Wildman–Crippen LogP) is 3.95. The van der Waals surface area contributed by atoms with Crippen molar-refractivity contribution in [3.63, 3.8) is 0 Å².